The molecule has 1 atom stereocenters. The number of thioether (sulfide) groups is 1. The average Bonchev–Trinajstić information content (AvgIpc) is 2.62. The zero-order chi connectivity index (χ0) is 11.3. The van der Waals surface area contributed by atoms with Crippen LogP contribution in [0.1, 0.15) is 11.5 Å². The lowest BCUT2D eigenvalue weighted by atomic mass is 10.2. The summed E-state index contributed by atoms with van der Waals surface area (Å²) in [6.07, 6.45) is 0.440. The van der Waals surface area contributed by atoms with E-state index in [1.165, 1.54) is 11.8 Å². The highest BCUT2D eigenvalue weighted by atomic mass is 32.2. The summed E-state index contributed by atoms with van der Waals surface area (Å²) in [6, 6.07) is 0. The molecule has 6 nitrogen and oxygen atoms in total. The number of aromatic nitrogens is 4. The summed E-state index contributed by atoms with van der Waals surface area (Å²) in [5.41, 5.74) is 1.44. The third-order valence-corrected chi connectivity index (χ3v) is 3.66. The number of hydrogen-bond acceptors (Lipinski definition) is 5. The van der Waals surface area contributed by atoms with Gasteiger partial charge in [-0.3, -0.25) is 9.89 Å². The highest BCUT2D eigenvalue weighted by molar-refractivity contribution is 8.00. The highest BCUT2D eigenvalue weighted by Crippen LogP contribution is 2.36. The molecule has 0 amide bonds. The Balaban J connectivity index is 2.22. The number of carbonyl (C=O) groups is 1. The van der Waals surface area contributed by atoms with Crippen molar-refractivity contribution in [3.8, 4) is 0 Å². The molecule has 1 aliphatic heterocycles. The first-order valence-corrected chi connectivity index (χ1v) is 5.64. The van der Waals surface area contributed by atoms with Crippen molar-refractivity contribution in [3.63, 3.8) is 0 Å². The first kappa shape index (κ1) is 9.59. The Morgan fingerprint density at radius 3 is 3.12 bits per heavy atom. The maximum absolute atomic E-state index is 11.0. The zero-order valence-electron chi connectivity index (χ0n) is 8.39. The molecular formula is C9H8N4O2S. The van der Waals surface area contributed by atoms with Gasteiger partial charge in [0.15, 0.2) is 5.65 Å². The summed E-state index contributed by atoms with van der Waals surface area (Å²) in [5.74, 6) is -0.214. The molecule has 3 rings (SSSR count). The monoisotopic (exact) mass is 236 g/mol. The second kappa shape index (κ2) is 3.18. The smallest absolute Gasteiger partial charge is 0.317 e. The number of aromatic amines is 1. The molecule has 0 aromatic carbocycles. The van der Waals surface area contributed by atoms with E-state index in [-0.39, 0.29) is 0 Å². The van der Waals surface area contributed by atoms with Crippen LogP contribution >= 0.6 is 11.8 Å². The van der Waals surface area contributed by atoms with Crippen LogP contribution in [0.15, 0.2) is 5.03 Å². The number of aliphatic carboxylic acids is 1. The van der Waals surface area contributed by atoms with Gasteiger partial charge in [0.1, 0.15) is 16.1 Å². The second-order valence-electron chi connectivity index (χ2n) is 3.63. The lowest BCUT2D eigenvalue weighted by Crippen LogP contribution is -2.22. The normalized spacial score (nSPS) is 18.9. The molecule has 0 fully saturated rings. The fraction of sp³-hybridized carbons (Fsp3) is 0.333. The Bertz CT molecular complexity index is 594. The first-order chi connectivity index (χ1) is 7.65. The number of nitrogens with one attached hydrogen (secondary N) is 1. The van der Waals surface area contributed by atoms with Crippen molar-refractivity contribution < 1.29 is 9.90 Å². The van der Waals surface area contributed by atoms with Gasteiger partial charge in [-0.1, -0.05) is 11.8 Å². The summed E-state index contributed by atoms with van der Waals surface area (Å²) in [5, 5.41) is 17.0. The van der Waals surface area contributed by atoms with Crippen molar-refractivity contribution in [2.75, 3.05) is 0 Å². The van der Waals surface area contributed by atoms with Crippen LogP contribution in [0.2, 0.25) is 0 Å². The fourth-order valence-electron chi connectivity index (χ4n) is 1.79. The van der Waals surface area contributed by atoms with Gasteiger partial charge in [-0.05, 0) is 6.92 Å². The van der Waals surface area contributed by atoms with Crippen molar-refractivity contribution in [1.82, 2.24) is 20.2 Å². The van der Waals surface area contributed by atoms with Gasteiger partial charge >= 0.3 is 5.97 Å². The molecule has 0 bridgehead atoms. The minimum absolute atomic E-state index is 0.440. The molecule has 0 saturated carbocycles. The van der Waals surface area contributed by atoms with Crippen LogP contribution in [0.3, 0.4) is 0 Å². The summed E-state index contributed by atoms with van der Waals surface area (Å²) in [4.78, 5) is 19.5. The van der Waals surface area contributed by atoms with E-state index in [2.05, 4.69) is 20.2 Å². The molecule has 16 heavy (non-hydrogen) atoms. The average molecular weight is 236 g/mol. The summed E-state index contributed by atoms with van der Waals surface area (Å²) in [6.45, 7) is 1.77. The van der Waals surface area contributed by atoms with Crippen molar-refractivity contribution in [1.29, 1.82) is 0 Å². The molecule has 7 heteroatoms. The number of H-pyrrole nitrogens is 1. The van der Waals surface area contributed by atoms with E-state index < -0.39 is 11.2 Å². The van der Waals surface area contributed by atoms with Gasteiger partial charge < -0.3 is 5.11 Å². The summed E-state index contributed by atoms with van der Waals surface area (Å²) < 4.78 is 0. The van der Waals surface area contributed by atoms with Gasteiger partial charge in [0, 0.05) is 12.1 Å². The SMILES string of the molecule is Cc1nc2c3c([nH]nc3n1)CC(C(=O)O)S2. The molecule has 0 aliphatic carbocycles. The van der Waals surface area contributed by atoms with Crippen LogP contribution in [-0.2, 0) is 11.2 Å². The Morgan fingerprint density at radius 2 is 2.38 bits per heavy atom. The number of nitrogens with zero attached hydrogens (tertiary/aromatic N) is 3. The maximum atomic E-state index is 11.0. The number of carboxylic acids is 1. The van der Waals surface area contributed by atoms with Crippen molar-refractivity contribution >= 4 is 28.8 Å². The van der Waals surface area contributed by atoms with Gasteiger partial charge in [0.2, 0.25) is 0 Å². The van der Waals surface area contributed by atoms with Crippen LogP contribution in [-0.4, -0.2) is 36.5 Å². The molecule has 3 heterocycles. The van der Waals surface area contributed by atoms with Gasteiger partial charge in [0.05, 0.1) is 5.39 Å². The number of hydrogen-bond donors (Lipinski definition) is 2. The molecule has 2 aromatic rings. The van der Waals surface area contributed by atoms with E-state index in [9.17, 15) is 4.79 Å². The number of carboxylic acid groups (broad SMARTS) is 1. The maximum Gasteiger partial charge on any atom is 0.317 e. The lowest BCUT2D eigenvalue weighted by Gasteiger charge is -2.16. The predicted molar refractivity (Wildman–Crippen MR) is 57.4 cm³/mol. The molecule has 2 N–H and O–H groups in total. The molecule has 1 unspecified atom stereocenters. The van der Waals surface area contributed by atoms with E-state index in [1.807, 2.05) is 0 Å². The molecule has 2 aromatic heterocycles. The van der Waals surface area contributed by atoms with Crippen LogP contribution in [0.4, 0.5) is 0 Å². The van der Waals surface area contributed by atoms with Crippen molar-refractivity contribution in [2.24, 2.45) is 0 Å². The van der Waals surface area contributed by atoms with Crippen LogP contribution in [0.25, 0.3) is 11.0 Å². The van der Waals surface area contributed by atoms with E-state index in [0.717, 1.165) is 11.1 Å². The predicted octanol–water partition coefficient (Wildman–Crippen LogP) is 0.763. The Hall–Kier alpha value is -1.63. The van der Waals surface area contributed by atoms with Gasteiger partial charge in [0.25, 0.3) is 0 Å². The van der Waals surface area contributed by atoms with Gasteiger partial charge in [-0.25, -0.2) is 9.97 Å². The van der Waals surface area contributed by atoms with E-state index in [1.54, 1.807) is 6.92 Å². The van der Waals surface area contributed by atoms with Crippen LogP contribution < -0.4 is 0 Å². The second-order valence-corrected chi connectivity index (χ2v) is 4.82. The fourth-order valence-corrected chi connectivity index (χ4v) is 2.92. The number of rotatable bonds is 1. The van der Waals surface area contributed by atoms with Crippen molar-refractivity contribution in [3.05, 3.63) is 11.5 Å². The Labute approximate surface area is 94.5 Å². The molecule has 0 spiro atoms. The standard InChI is InChI=1S/C9H8N4O2S/c1-3-10-7-6-4(12-13-7)2-5(9(14)15)16-8(6)11-3/h5H,2H2,1H3,(H,14,15)(H,10,11,12,13). The minimum Gasteiger partial charge on any atom is -0.480 e. The van der Waals surface area contributed by atoms with Gasteiger partial charge in [-0.2, -0.15) is 5.10 Å². The Morgan fingerprint density at radius 1 is 1.56 bits per heavy atom. The van der Waals surface area contributed by atoms with E-state index >= 15 is 0 Å². The number of aryl methyl sites for hydroxylation is 1. The third-order valence-electron chi connectivity index (χ3n) is 2.49. The quantitative estimate of drug-likeness (QED) is 0.710. The molecule has 82 valence electrons. The molecule has 1 aliphatic rings. The van der Waals surface area contributed by atoms with Gasteiger partial charge in [-0.15, -0.1) is 0 Å². The largest absolute Gasteiger partial charge is 0.480 e. The Kier molecular flexibility index (Phi) is 1.90. The molecule has 0 saturated heterocycles. The molecular weight excluding hydrogens is 228 g/mol. The van der Waals surface area contributed by atoms with E-state index in [0.29, 0.717) is 22.9 Å². The summed E-state index contributed by atoms with van der Waals surface area (Å²) >= 11 is 1.27. The first-order valence-electron chi connectivity index (χ1n) is 4.76. The zero-order valence-corrected chi connectivity index (χ0v) is 9.21. The van der Waals surface area contributed by atoms with Crippen LogP contribution in [0.5, 0.6) is 0 Å². The summed E-state index contributed by atoms with van der Waals surface area (Å²) in [7, 11) is 0. The third kappa shape index (κ3) is 1.28. The minimum atomic E-state index is -0.824. The lowest BCUT2D eigenvalue weighted by molar-refractivity contribution is -0.136. The van der Waals surface area contributed by atoms with Crippen LogP contribution in [0, 0.1) is 6.92 Å². The topological polar surface area (TPSA) is 91.8 Å². The highest BCUT2D eigenvalue weighted by Gasteiger charge is 2.29. The van der Waals surface area contributed by atoms with E-state index in [4.69, 9.17) is 5.11 Å². The molecule has 0 radical (unpaired) electrons. The van der Waals surface area contributed by atoms with Crippen molar-refractivity contribution in [2.45, 2.75) is 23.6 Å².